The van der Waals surface area contributed by atoms with Crippen molar-refractivity contribution in [1.82, 2.24) is 15.2 Å². The number of aliphatic imine (C=N–C) groups is 1. The van der Waals surface area contributed by atoms with Crippen molar-refractivity contribution >= 4 is 23.0 Å². The summed E-state index contributed by atoms with van der Waals surface area (Å²) in [5.41, 5.74) is 3.66. The largest absolute Gasteiger partial charge is 0.358 e. The lowest BCUT2D eigenvalue weighted by Crippen LogP contribution is -2.41. The zero-order valence-corrected chi connectivity index (χ0v) is 11.6. The highest BCUT2D eigenvalue weighted by atomic mass is 16.2. The van der Waals surface area contributed by atoms with Crippen molar-refractivity contribution in [2.24, 2.45) is 4.99 Å². The number of carbonyl (C=O) groups excluding carboxylic acids is 2. The van der Waals surface area contributed by atoms with E-state index in [0.717, 1.165) is 18.4 Å². The van der Waals surface area contributed by atoms with Crippen LogP contribution in [0.1, 0.15) is 11.3 Å². The van der Waals surface area contributed by atoms with Crippen molar-refractivity contribution in [3.8, 4) is 0 Å². The molecule has 1 aliphatic rings. The molecule has 2 heterocycles. The molecule has 1 aliphatic heterocycles. The zero-order valence-electron chi connectivity index (χ0n) is 11.6. The van der Waals surface area contributed by atoms with Crippen molar-refractivity contribution in [3.63, 3.8) is 0 Å². The Morgan fingerprint density at radius 1 is 1.33 bits per heavy atom. The van der Waals surface area contributed by atoms with Gasteiger partial charge < -0.3 is 15.2 Å². The summed E-state index contributed by atoms with van der Waals surface area (Å²) in [6.07, 6.45) is 3.03. The Balaban J connectivity index is 1.74. The number of hydrogen-bond acceptors (Lipinski definition) is 3. The number of fused-ring (bicyclic) bond motifs is 3. The summed E-state index contributed by atoms with van der Waals surface area (Å²) in [6, 6.07) is 8.04. The lowest BCUT2D eigenvalue weighted by molar-refractivity contribution is 0.200. The van der Waals surface area contributed by atoms with E-state index < -0.39 is 0 Å². The molecule has 2 N–H and O–H groups in total. The van der Waals surface area contributed by atoms with Gasteiger partial charge in [0.15, 0.2) is 0 Å². The lowest BCUT2D eigenvalue weighted by Gasteiger charge is -2.20. The van der Waals surface area contributed by atoms with Crippen molar-refractivity contribution in [2.75, 3.05) is 19.8 Å². The number of urea groups is 1. The molecule has 1 aromatic heterocycles. The van der Waals surface area contributed by atoms with Gasteiger partial charge in [0.05, 0.1) is 0 Å². The van der Waals surface area contributed by atoms with Gasteiger partial charge in [-0.25, -0.2) is 9.59 Å². The van der Waals surface area contributed by atoms with Crippen LogP contribution in [0.15, 0.2) is 29.3 Å². The minimum absolute atomic E-state index is 0.0208. The van der Waals surface area contributed by atoms with E-state index in [2.05, 4.69) is 27.4 Å². The maximum atomic E-state index is 12.0. The zero-order chi connectivity index (χ0) is 14.7. The summed E-state index contributed by atoms with van der Waals surface area (Å²) in [4.78, 5) is 30.5. The Hall–Kier alpha value is -2.59. The first-order valence-electron chi connectivity index (χ1n) is 6.94. The fourth-order valence-corrected chi connectivity index (χ4v) is 2.81. The summed E-state index contributed by atoms with van der Waals surface area (Å²) in [5, 5.41) is 3.82. The molecule has 0 radical (unpaired) electrons. The standard InChI is InChI=1S/C15H16N4O2/c20-10-16-9-17-15(21)19-7-5-12-11-3-1-2-4-13(11)18-14(12)6-8-19/h1-4,18H,5-9H2,(H,17,21). The molecule has 3 rings (SSSR count). The van der Waals surface area contributed by atoms with Gasteiger partial charge in [0.25, 0.3) is 0 Å². The highest BCUT2D eigenvalue weighted by Crippen LogP contribution is 2.25. The lowest BCUT2D eigenvalue weighted by atomic mass is 10.1. The number of aromatic amines is 1. The molecule has 108 valence electrons. The minimum Gasteiger partial charge on any atom is -0.358 e. The highest BCUT2D eigenvalue weighted by Gasteiger charge is 2.20. The second-order valence-electron chi connectivity index (χ2n) is 5.00. The SMILES string of the molecule is O=C=NCNC(=O)N1CCc2[nH]c3ccccc3c2CC1. The molecule has 0 fully saturated rings. The summed E-state index contributed by atoms with van der Waals surface area (Å²) < 4.78 is 0. The predicted octanol–water partition coefficient (Wildman–Crippen LogP) is 1.57. The Labute approximate surface area is 121 Å². The monoisotopic (exact) mass is 284 g/mol. The molecule has 21 heavy (non-hydrogen) atoms. The Morgan fingerprint density at radius 2 is 2.14 bits per heavy atom. The van der Waals surface area contributed by atoms with Gasteiger partial charge in [-0.15, -0.1) is 0 Å². The van der Waals surface area contributed by atoms with Gasteiger partial charge in [-0.2, -0.15) is 4.99 Å². The fraction of sp³-hybridized carbons (Fsp3) is 0.333. The molecular formula is C15H16N4O2. The van der Waals surface area contributed by atoms with E-state index in [4.69, 9.17) is 0 Å². The predicted molar refractivity (Wildman–Crippen MR) is 78.8 cm³/mol. The average molecular weight is 284 g/mol. The highest BCUT2D eigenvalue weighted by molar-refractivity contribution is 5.85. The van der Waals surface area contributed by atoms with E-state index in [-0.39, 0.29) is 12.7 Å². The van der Waals surface area contributed by atoms with Crippen LogP contribution in [0.5, 0.6) is 0 Å². The second-order valence-corrected chi connectivity index (χ2v) is 5.00. The van der Waals surface area contributed by atoms with Crippen LogP contribution < -0.4 is 5.32 Å². The topological polar surface area (TPSA) is 77.6 Å². The number of aromatic nitrogens is 1. The second kappa shape index (κ2) is 5.81. The summed E-state index contributed by atoms with van der Waals surface area (Å²) in [7, 11) is 0. The molecular weight excluding hydrogens is 268 g/mol. The fourth-order valence-electron chi connectivity index (χ4n) is 2.81. The molecule has 0 atom stereocenters. The molecule has 0 unspecified atom stereocenters. The molecule has 2 amide bonds. The Kier molecular flexibility index (Phi) is 3.71. The van der Waals surface area contributed by atoms with E-state index in [1.807, 2.05) is 12.1 Å². The molecule has 6 heteroatoms. The molecule has 0 aliphatic carbocycles. The van der Waals surface area contributed by atoms with Crippen molar-refractivity contribution in [2.45, 2.75) is 12.8 Å². The first-order valence-corrected chi connectivity index (χ1v) is 6.94. The van der Waals surface area contributed by atoms with E-state index >= 15 is 0 Å². The summed E-state index contributed by atoms with van der Waals surface area (Å²) in [6.45, 7) is 1.29. The number of H-pyrrole nitrogens is 1. The number of carbonyl (C=O) groups is 1. The minimum atomic E-state index is -0.191. The molecule has 2 aromatic rings. The molecule has 1 aromatic carbocycles. The number of nitrogens with zero attached hydrogens (tertiary/aromatic N) is 2. The summed E-state index contributed by atoms with van der Waals surface area (Å²) in [5.74, 6) is 0. The maximum Gasteiger partial charge on any atom is 0.318 e. The molecule has 0 saturated heterocycles. The first kappa shape index (κ1) is 13.4. The Morgan fingerprint density at radius 3 is 3.00 bits per heavy atom. The van der Waals surface area contributed by atoms with Crippen molar-refractivity contribution in [1.29, 1.82) is 0 Å². The number of benzene rings is 1. The van der Waals surface area contributed by atoms with Crippen LogP contribution in [-0.2, 0) is 17.6 Å². The summed E-state index contributed by atoms with van der Waals surface area (Å²) >= 11 is 0. The van der Waals surface area contributed by atoms with Gasteiger partial charge in [0, 0.05) is 36.1 Å². The molecule has 6 nitrogen and oxygen atoms in total. The van der Waals surface area contributed by atoms with Crippen molar-refractivity contribution < 1.29 is 9.59 Å². The quantitative estimate of drug-likeness (QED) is 0.648. The third-order valence-corrected chi connectivity index (χ3v) is 3.83. The van der Waals surface area contributed by atoms with Gasteiger partial charge in [-0.05, 0) is 18.1 Å². The van der Waals surface area contributed by atoms with E-state index in [0.29, 0.717) is 13.1 Å². The van der Waals surface area contributed by atoms with Crippen LogP contribution in [-0.4, -0.2) is 41.8 Å². The molecule has 0 bridgehead atoms. The van der Waals surface area contributed by atoms with Crippen LogP contribution >= 0.6 is 0 Å². The first-order chi connectivity index (χ1) is 10.3. The van der Waals surface area contributed by atoms with Crippen LogP contribution in [0.2, 0.25) is 0 Å². The smallest absolute Gasteiger partial charge is 0.318 e. The normalized spacial score (nSPS) is 14.2. The number of amides is 2. The average Bonchev–Trinajstić information content (AvgIpc) is 2.72. The number of isocyanates is 1. The van der Waals surface area contributed by atoms with E-state index in [1.165, 1.54) is 22.7 Å². The van der Waals surface area contributed by atoms with Gasteiger partial charge in [-0.3, -0.25) is 0 Å². The molecule has 0 saturated carbocycles. The van der Waals surface area contributed by atoms with Crippen molar-refractivity contribution in [3.05, 3.63) is 35.5 Å². The van der Waals surface area contributed by atoms with E-state index in [1.54, 1.807) is 4.90 Å². The van der Waals surface area contributed by atoms with E-state index in [9.17, 15) is 9.59 Å². The number of nitrogens with one attached hydrogen (secondary N) is 2. The Bertz CT molecular complexity index is 716. The molecule has 0 spiro atoms. The van der Waals surface area contributed by atoms with Gasteiger partial charge >= 0.3 is 6.03 Å². The maximum absolute atomic E-state index is 12.0. The van der Waals surface area contributed by atoms with Gasteiger partial charge in [0.2, 0.25) is 6.08 Å². The number of rotatable bonds is 2. The van der Waals surface area contributed by atoms with Crippen LogP contribution in [0, 0.1) is 0 Å². The van der Waals surface area contributed by atoms with Gasteiger partial charge in [-0.1, -0.05) is 18.2 Å². The van der Waals surface area contributed by atoms with Crippen LogP contribution in [0.25, 0.3) is 10.9 Å². The third-order valence-electron chi connectivity index (χ3n) is 3.83. The van der Waals surface area contributed by atoms with Gasteiger partial charge in [0.1, 0.15) is 6.67 Å². The van der Waals surface area contributed by atoms with Crippen LogP contribution in [0.3, 0.4) is 0 Å². The third kappa shape index (κ3) is 2.66. The number of hydrogen-bond donors (Lipinski definition) is 2. The van der Waals surface area contributed by atoms with Crippen LogP contribution in [0.4, 0.5) is 4.79 Å². The number of para-hydroxylation sites is 1.